The predicted molar refractivity (Wildman–Crippen MR) is 144 cm³/mol. The molecule has 0 heterocycles. The topological polar surface area (TPSA) is 71.1 Å². The van der Waals surface area contributed by atoms with Crippen LogP contribution in [0.1, 0.15) is 139 Å². The number of carbonyl (C=O) groups is 2. The van der Waals surface area contributed by atoms with Gasteiger partial charge in [0.25, 0.3) is 0 Å². The monoisotopic (exact) mass is 510 g/mol. The van der Waals surface area contributed by atoms with Crippen LogP contribution in [0.2, 0.25) is 0 Å². The number of rotatable bonds is 16. The van der Waals surface area contributed by atoms with E-state index in [1.54, 1.807) is 0 Å². The molecule has 0 aromatic heterocycles. The first-order chi connectivity index (χ1) is 16.8. The zero-order chi connectivity index (χ0) is 27.2. The molecule has 0 saturated carbocycles. The van der Waals surface area contributed by atoms with Crippen molar-refractivity contribution in [2.24, 2.45) is 17.3 Å². The molecule has 6 nitrogen and oxygen atoms in total. The summed E-state index contributed by atoms with van der Waals surface area (Å²) < 4.78 is 0. The zero-order valence-corrected chi connectivity index (χ0v) is 24.5. The van der Waals surface area contributed by atoms with Crippen molar-refractivity contribution in [2.75, 3.05) is 0 Å². The van der Waals surface area contributed by atoms with Gasteiger partial charge < -0.3 is 0 Å². The summed E-state index contributed by atoms with van der Waals surface area (Å²) >= 11 is 0. The Bertz CT molecular complexity index is 672. The van der Waals surface area contributed by atoms with Crippen LogP contribution < -0.4 is 0 Å². The molecule has 1 rings (SSSR count). The van der Waals surface area contributed by atoms with E-state index in [9.17, 15) is 9.59 Å². The summed E-state index contributed by atoms with van der Waals surface area (Å²) in [4.78, 5) is 45.6. The molecule has 1 aliphatic carbocycles. The Balaban J connectivity index is 2.46. The minimum absolute atomic E-state index is 0.161. The van der Waals surface area contributed by atoms with Crippen molar-refractivity contribution in [3.8, 4) is 0 Å². The third kappa shape index (κ3) is 13.8. The van der Waals surface area contributed by atoms with E-state index in [1.165, 1.54) is 19.3 Å². The second-order valence-electron chi connectivity index (χ2n) is 12.7. The number of carbonyl (C=O) groups excluding carboxylic acids is 2. The molecule has 36 heavy (non-hydrogen) atoms. The van der Waals surface area contributed by atoms with E-state index >= 15 is 0 Å². The average molecular weight is 511 g/mol. The summed E-state index contributed by atoms with van der Waals surface area (Å²) in [6.07, 6.45) is 17.7. The van der Waals surface area contributed by atoms with Gasteiger partial charge in [-0.15, -0.1) is 0 Å². The maximum atomic E-state index is 13.2. The van der Waals surface area contributed by atoms with Crippen LogP contribution in [0.15, 0.2) is 12.2 Å². The van der Waals surface area contributed by atoms with Gasteiger partial charge in [-0.3, -0.25) is 9.78 Å². The van der Waals surface area contributed by atoms with E-state index in [1.807, 2.05) is 41.5 Å². The van der Waals surface area contributed by atoms with Gasteiger partial charge in [0.2, 0.25) is 0 Å². The molecule has 0 aromatic rings. The summed E-state index contributed by atoms with van der Waals surface area (Å²) in [5, 5.41) is 0. The van der Waals surface area contributed by atoms with Gasteiger partial charge in [-0.1, -0.05) is 70.4 Å². The second-order valence-corrected chi connectivity index (χ2v) is 12.7. The van der Waals surface area contributed by atoms with Crippen molar-refractivity contribution in [1.82, 2.24) is 0 Å². The van der Waals surface area contributed by atoms with Crippen molar-refractivity contribution < 1.29 is 29.1 Å². The highest BCUT2D eigenvalue weighted by molar-refractivity contribution is 5.77. The lowest BCUT2D eigenvalue weighted by Gasteiger charge is -2.39. The van der Waals surface area contributed by atoms with Gasteiger partial charge in [0, 0.05) is 6.42 Å². The summed E-state index contributed by atoms with van der Waals surface area (Å²) in [7, 11) is 0. The maximum Gasteiger partial charge on any atom is 0.348 e. The van der Waals surface area contributed by atoms with Crippen molar-refractivity contribution in [3.05, 3.63) is 12.2 Å². The van der Waals surface area contributed by atoms with Crippen LogP contribution in [0.25, 0.3) is 0 Å². The summed E-state index contributed by atoms with van der Waals surface area (Å²) in [5.74, 6) is 0.0345. The highest BCUT2D eigenvalue weighted by Gasteiger charge is 2.45. The Morgan fingerprint density at radius 1 is 0.778 bits per heavy atom. The zero-order valence-electron chi connectivity index (χ0n) is 24.5. The van der Waals surface area contributed by atoms with E-state index in [0.29, 0.717) is 12.3 Å². The van der Waals surface area contributed by atoms with E-state index in [4.69, 9.17) is 19.6 Å². The van der Waals surface area contributed by atoms with Crippen LogP contribution in [0.3, 0.4) is 0 Å². The second kappa shape index (κ2) is 15.8. The summed E-state index contributed by atoms with van der Waals surface area (Å²) in [5.41, 5.74) is -1.57. The molecular formula is C30H54O6. The molecule has 0 bridgehead atoms. The SMILES string of the molecule is CCCCCC1C=CC(CCCCCCCCC(=O)OOC(C)(C)C)C(C)(C(=O)OOC(C)(C)C)C1. The van der Waals surface area contributed by atoms with Crippen LogP contribution in [-0.2, 0) is 29.1 Å². The van der Waals surface area contributed by atoms with Gasteiger partial charge >= 0.3 is 11.9 Å². The Kier molecular flexibility index (Phi) is 14.3. The highest BCUT2D eigenvalue weighted by Crippen LogP contribution is 2.45. The molecule has 3 unspecified atom stereocenters. The fourth-order valence-corrected chi connectivity index (χ4v) is 4.58. The fourth-order valence-electron chi connectivity index (χ4n) is 4.58. The molecule has 0 N–H and O–H groups in total. The quantitative estimate of drug-likeness (QED) is 0.0898. The van der Waals surface area contributed by atoms with E-state index in [0.717, 1.165) is 57.8 Å². The number of hydrogen-bond acceptors (Lipinski definition) is 6. The van der Waals surface area contributed by atoms with Crippen LogP contribution >= 0.6 is 0 Å². The molecule has 0 radical (unpaired) electrons. The van der Waals surface area contributed by atoms with Crippen molar-refractivity contribution in [3.63, 3.8) is 0 Å². The first kappa shape index (κ1) is 32.6. The average Bonchev–Trinajstić information content (AvgIpc) is 2.78. The Morgan fingerprint density at radius 3 is 1.94 bits per heavy atom. The smallest absolute Gasteiger partial charge is 0.298 e. The predicted octanol–water partition coefficient (Wildman–Crippen LogP) is 8.43. The van der Waals surface area contributed by atoms with E-state index in [-0.39, 0.29) is 17.9 Å². The molecule has 3 atom stereocenters. The molecular weight excluding hydrogens is 456 g/mol. The van der Waals surface area contributed by atoms with Crippen LogP contribution in [0, 0.1) is 17.3 Å². The third-order valence-corrected chi connectivity index (χ3v) is 6.66. The number of allylic oxidation sites excluding steroid dienone is 2. The first-order valence-corrected chi connectivity index (χ1v) is 14.2. The summed E-state index contributed by atoms with van der Waals surface area (Å²) in [6.45, 7) is 15.5. The molecule has 210 valence electrons. The van der Waals surface area contributed by atoms with Gasteiger partial charge in [-0.25, -0.2) is 9.59 Å². The molecule has 0 spiro atoms. The van der Waals surface area contributed by atoms with Gasteiger partial charge in [-0.05, 0) is 86.0 Å². The third-order valence-electron chi connectivity index (χ3n) is 6.66. The van der Waals surface area contributed by atoms with Gasteiger partial charge in [0.1, 0.15) is 11.2 Å². The molecule has 6 heteroatoms. The van der Waals surface area contributed by atoms with Crippen molar-refractivity contribution in [1.29, 1.82) is 0 Å². The minimum atomic E-state index is -0.563. The Hall–Kier alpha value is -1.40. The van der Waals surface area contributed by atoms with Gasteiger partial charge in [-0.2, -0.15) is 9.78 Å². The van der Waals surface area contributed by atoms with Crippen LogP contribution in [0.4, 0.5) is 0 Å². The van der Waals surface area contributed by atoms with Crippen molar-refractivity contribution in [2.45, 2.75) is 150 Å². The lowest BCUT2D eigenvalue weighted by molar-refractivity contribution is -0.328. The highest BCUT2D eigenvalue weighted by atomic mass is 17.2. The van der Waals surface area contributed by atoms with E-state index in [2.05, 4.69) is 26.0 Å². The minimum Gasteiger partial charge on any atom is -0.298 e. The normalized spacial score (nSPS) is 22.4. The maximum absolute atomic E-state index is 13.2. The first-order valence-electron chi connectivity index (χ1n) is 14.2. The molecule has 0 amide bonds. The lowest BCUT2D eigenvalue weighted by atomic mass is 9.65. The standard InChI is InChI=1S/C30H54O6/c1-9-10-15-18-24-21-22-25(30(8,23-24)27(32)34-36-29(5,6)7)19-16-13-11-12-14-17-20-26(31)33-35-28(2,3)4/h21-22,24-25H,9-20,23H2,1-8H3. The van der Waals surface area contributed by atoms with Gasteiger partial charge in [0.05, 0.1) is 5.41 Å². The largest absolute Gasteiger partial charge is 0.348 e. The Labute approximate surface area is 220 Å². The molecule has 0 aliphatic heterocycles. The van der Waals surface area contributed by atoms with Gasteiger partial charge in [0.15, 0.2) is 0 Å². The Morgan fingerprint density at radius 2 is 1.33 bits per heavy atom. The molecule has 0 fully saturated rings. The summed E-state index contributed by atoms with van der Waals surface area (Å²) in [6, 6.07) is 0. The number of unbranched alkanes of at least 4 members (excludes halogenated alkanes) is 7. The van der Waals surface area contributed by atoms with Crippen LogP contribution in [-0.4, -0.2) is 23.1 Å². The molecule has 0 aromatic carbocycles. The lowest BCUT2D eigenvalue weighted by Crippen LogP contribution is -2.41. The molecule has 1 aliphatic rings. The van der Waals surface area contributed by atoms with Crippen LogP contribution in [0.5, 0.6) is 0 Å². The van der Waals surface area contributed by atoms with E-state index < -0.39 is 16.6 Å². The fraction of sp³-hybridized carbons (Fsp3) is 0.867. The molecule has 0 saturated heterocycles. The van der Waals surface area contributed by atoms with Crippen molar-refractivity contribution >= 4 is 11.9 Å². The number of hydrogen-bond donors (Lipinski definition) is 0.